The summed E-state index contributed by atoms with van der Waals surface area (Å²) < 4.78 is 5.40. The molecule has 3 nitrogen and oxygen atoms in total. The van der Waals surface area contributed by atoms with Crippen molar-refractivity contribution >= 4 is 0 Å². The molecule has 0 aromatic carbocycles. The first kappa shape index (κ1) is 9.44. The number of ether oxygens (including phenoxy) is 1. The van der Waals surface area contributed by atoms with Crippen molar-refractivity contribution in [1.29, 1.82) is 0 Å². The van der Waals surface area contributed by atoms with Crippen LogP contribution >= 0.6 is 0 Å². The molecule has 0 bridgehead atoms. The Morgan fingerprint density at radius 3 is 2.85 bits per heavy atom. The van der Waals surface area contributed by atoms with E-state index in [4.69, 9.17) is 10.5 Å². The van der Waals surface area contributed by atoms with Crippen molar-refractivity contribution in [2.45, 2.75) is 31.8 Å². The van der Waals surface area contributed by atoms with Gasteiger partial charge >= 0.3 is 0 Å². The van der Waals surface area contributed by atoms with Gasteiger partial charge in [-0.25, -0.2) is 0 Å². The van der Waals surface area contributed by atoms with Crippen LogP contribution in [0.3, 0.4) is 0 Å². The summed E-state index contributed by atoms with van der Waals surface area (Å²) in [6, 6.07) is 1.09. The van der Waals surface area contributed by atoms with Crippen LogP contribution in [0.4, 0.5) is 0 Å². The second-order valence-corrected chi connectivity index (χ2v) is 4.44. The van der Waals surface area contributed by atoms with Crippen molar-refractivity contribution < 1.29 is 4.74 Å². The van der Waals surface area contributed by atoms with Crippen LogP contribution in [0.1, 0.15) is 19.8 Å². The van der Waals surface area contributed by atoms with Crippen LogP contribution in [0, 0.1) is 5.92 Å². The maximum atomic E-state index is 5.98. The molecule has 3 atom stereocenters. The molecule has 13 heavy (non-hydrogen) atoms. The van der Waals surface area contributed by atoms with E-state index in [0.717, 1.165) is 26.2 Å². The monoisotopic (exact) mass is 184 g/mol. The van der Waals surface area contributed by atoms with Crippen molar-refractivity contribution in [3.63, 3.8) is 0 Å². The van der Waals surface area contributed by atoms with Crippen LogP contribution in [0.25, 0.3) is 0 Å². The second kappa shape index (κ2) is 3.95. The molecule has 0 aliphatic carbocycles. The summed E-state index contributed by atoms with van der Waals surface area (Å²) in [6.07, 6.45) is 2.36. The average molecular weight is 184 g/mol. The number of nitrogens with zero attached hydrogens (tertiary/aromatic N) is 1. The van der Waals surface area contributed by atoms with Crippen molar-refractivity contribution in [2.24, 2.45) is 11.7 Å². The lowest BCUT2D eigenvalue weighted by atomic mass is 9.93. The summed E-state index contributed by atoms with van der Waals surface area (Å²) in [5, 5.41) is 0. The van der Waals surface area contributed by atoms with Crippen molar-refractivity contribution in [2.75, 3.05) is 26.3 Å². The summed E-state index contributed by atoms with van der Waals surface area (Å²) in [4.78, 5) is 2.56. The zero-order valence-electron chi connectivity index (χ0n) is 8.41. The highest BCUT2D eigenvalue weighted by molar-refractivity contribution is 4.85. The van der Waals surface area contributed by atoms with Gasteiger partial charge in [0.05, 0.1) is 6.61 Å². The SMILES string of the molecule is CC1CN(C2CCOC2)CCC1N. The Morgan fingerprint density at radius 2 is 2.23 bits per heavy atom. The molecular formula is C10H20N2O. The quantitative estimate of drug-likeness (QED) is 0.643. The highest BCUT2D eigenvalue weighted by Gasteiger charge is 2.29. The largest absolute Gasteiger partial charge is 0.380 e. The number of hydrogen-bond donors (Lipinski definition) is 1. The van der Waals surface area contributed by atoms with Gasteiger partial charge in [-0.05, 0) is 18.8 Å². The summed E-state index contributed by atoms with van der Waals surface area (Å²) in [6.45, 7) is 6.46. The summed E-state index contributed by atoms with van der Waals surface area (Å²) in [7, 11) is 0. The highest BCUT2D eigenvalue weighted by Crippen LogP contribution is 2.20. The normalized spacial score (nSPS) is 42.5. The topological polar surface area (TPSA) is 38.5 Å². The molecule has 2 N–H and O–H groups in total. The van der Waals surface area contributed by atoms with Crippen molar-refractivity contribution in [1.82, 2.24) is 4.90 Å². The highest BCUT2D eigenvalue weighted by atomic mass is 16.5. The van der Waals surface area contributed by atoms with Crippen molar-refractivity contribution in [3.8, 4) is 0 Å². The first-order valence-corrected chi connectivity index (χ1v) is 5.35. The van der Waals surface area contributed by atoms with E-state index in [1.165, 1.54) is 13.0 Å². The van der Waals surface area contributed by atoms with E-state index in [2.05, 4.69) is 11.8 Å². The number of nitrogens with two attached hydrogens (primary N) is 1. The molecule has 76 valence electrons. The zero-order chi connectivity index (χ0) is 9.26. The average Bonchev–Trinajstić information content (AvgIpc) is 2.62. The third-order valence-electron chi connectivity index (χ3n) is 3.43. The maximum Gasteiger partial charge on any atom is 0.0622 e. The van der Waals surface area contributed by atoms with Gasteiger partial charge in [0.15, 0.2) is 0 Å². The Bertz CT molecular complexity index is 168. The van der Waals surface area contributed by atoms with E-state index in [1.54, 1.807) is 0 Å². The van der Waals surface area contributed by atoms with E-state index >= 15 is 0 Å². The van der Waals surface area contributed by atoms with Crippen molar-refractivity contribution in [3.05, 3.63) is 0 Å². The molecule has 0 saturated carbocycles. The second-order valence-electron chi connectivity index (χ2n) is 4.44. The minimum atomic E-state index is 0.415. The minimum absolute atomic E-state index is 0.415. The standard InChI is InChI=1S/C10H20N2O/c1-8-6-12(4-2-10(8)11)9-3-5-13-7-9/h8-10H,2-7,11H2,1H3. The van der Waals surface area contributed by atoms with Gasteiger partial charge in [0.2, 0.25) is 0 Å². The molecule has 2 aliphatic rings. The Labute approximate surface area is 80.2 Å². The van der Waals surface area contributed by atoms with Gasteiger partial charge in [0.1, 0.15) is 0 Å². The molecule has 2 fully saturated rings. The Balaban J connectivity index is 1.87. The number of hydrogen-bond acceptors (Lipinski definition) is 3. The molecule has 3 heteroatoms. The smallest absolute Gasteiger partial charge is 0.0622 e. The first-order valence-electron chi connectivity index (χ1n) is 5.35. The van der Waals surface area contributed by atoms with E-state index < -0.39 is 0 Å². The molecule has 2 aliphatic heterocycles. The third kappa shape index (κ3) is 2.03. The van der Waals surface area contributed by atoms with E-state index in [9.17, 15) is 0 Å². The molecule has 0 spiro atoms. The van der Waals surface area contributed by atoms with Gasteiger partial charge in [-0.2, -0.15) is 0 Å². The fourth-order valence-electron chi connectivity index (χ4n) is 2.34. The van der Waals surface area contributed by atoms with Crippen LogP contribution in [-0.4, -0.2) is 43.3 Å². The first-order chi connectivity index (χ1) is 6.27. The van der Waals surface area contributed by atoms with Crippen LogP contribution in [0.2, 0.25) is 0 Å². The van der Waals surface area contributed by atoms with Crippen LogP contribution in [0.15, 0.2) is 0 Å². The maximum absolute atomic E-state index is 5.98. The van der Waals surface area contributed by atoms with E-state index in [1.807, 2.05) is 0 Å². The van der Waals surface area contributed by atoms with Gasteiger partial charge in [-0.3, -0.25) is 4.90 Å². The van der Waals surface area contributed by atoms with Gasteiger partial charge in [-0.1, -0.05) is 6.92 Å². The summed E-state index contributed by atoms with van der Waals surface area (Å²) in [5.74, 6) is 0.648. The minimum Gasteiger partial charge on any atom is -0.380 e. The van der Waals surface area contributed by atoms with E-state index in [0.29, 0.717) is 18.0 Å². The fraction of sp³-hybridized carbons (Fsp3) is 1.00. The number of piperidine rings is 1. The Kier molecular flexibility index (Phi) is 2.86. The third-order valence-corrected chi connectivity index (χ3v) is 3.43. The molecule has 0 radical (unpaired) electrons. The summed E-state index contributed by atoms with van der Waals surface area (Å²) >= 11 is 0. The molecule has 2 heterocycles. The Morgan fingerprint density at radius 1 is 1.38 bits per heavy atom. The Hall–Kier alpha value is -0.120. The number of rotatable bonds is 1. The summed E-state index contributed by atoms with van der Waals surface area (Å²) in [5.41, 5.74) is 5.98. The van der Waals surface area contributed by atoms with Crippen LogP contribution < -0.4 is 5.73 Å². The van der Waals surface area contributed by atoms with Gasteiger partial charge < -0.3 is 10.5 Å². The molecule has 0 aromatic rings. The molecule has 0 amide bonds. The van der Waals surface area contributed by atoms with Gasteiger partial charge in [0, 0.05) is 31.8 Å². The molecule has 0 aromatic heterocycles. The fourth-order valence-corrected chi connectivity index (χ4v) is 2.34. The predicted molar refractivity (Wildman–Crippen MR) is 52.6 cm³/mol. The lowest BCUT2D eigenvalue weighted by Crippen LogP contribution is -2.49. The number of likely N-dealkylation sites (tertiary alicyclic amines) is 1. The zero-order valence-corrected chi connectivity index (χ0v) is 8.41. The van der Waals surface area contributed by atoms with Crippen LogP contribution in [-0.2, 0) is 4.74 Å². The molecule has 3 unspecified atom stereocenters. The lowest BCUT2D eigenvalue weighted by Gasteiger charge is -2.38. The van der Waals surface area contributed by atoms with Gasteiger partial charge in [-0.15, -0.1) is 0 Å². The molecule has 2 saturated heterocycles. The van der Waals surface area contributed by atoms with Crippen LogP contribution in [0.5, 0.6) is 0 Å². The lowest BCUT2D eigenvalue weighted by molar-refractivity contribution is 0.0983. The molecular weight excluding hydrogens is 164 g/mol. The predicted octanol–water partition coefficient (Wildman–Crippen LogP) is 0.444. The van der Waals surface area contributed by atoms with Gasteiger partial charge in [0.25, 0.3) is 0 Å². The molecule has 2 rings (SSSR count). The van der Waals surface area contributed by atoms with E-state index in [-0.39, 0.29) is 0 Å².